The Morgan fingerprint density at radius 2 is 1.79 bits per heavy atom. The molecule has 2 saturated heterocycles. The number of hydrogen-bond acceptors (Lipinski definition) is 7. The average Bonchev–Trinajstić information content (AvgIpc) is 3.29. The molecular formula is C23H26N4O4S2. The molecular weight excluding hydrogens is 460 g/mol. The molecule has 0 aliphatic carbocycles. The van der Waals surface area contributed by atoms with Gasteiger partial charge >= 0.3 is 0 Å². The SMILES string of the molecule is O=C(Nc1ccc2nc(N3CCOCC3)sc2c1)c1cccc(S(=O)(=O)N2CCCCC2)c1. The number of morpholine rings is 1. The van der Waals surface area contributed by atoms with Crippen molar-refractivity contribution in [2.24, 2.45) is 0 Å². The van der Waals surface area contributed by atoms with Crippen LogP contribution < -0.4 is 10.2 Å². The fourth-order valence-electron chi connectivity index (χ4n) is 4.14. The number of amides is 1. The van der Waals surface area contributed by atoms with Gasteiger partial charge in [0.15, 0.2) is 5.13 Å². The Labute approximate surface area is 197 Å². The zero-order valence-electron chi connectivity index (χ0n) is 18.2. The Balaban J connectivity index is 1.33. The van der Waals surface area contributed by atoms with E-state index in [-0.39, 0.29) is 10.8 Å². The maximum Gasteiger partial charge on any atom is 0.255 e. The number of sulfonamides is 1. The molecule has 10 heteroatoms. The van der Waals surface area contributed by atoms with Crippen LogP contribution in [-0.2, 0) is 14.8 Å². The predicted octanol–water partition coefficient (Wildman–Crippen LogP) is 3.56. The van der Waals surface area contributed by atoms with Gasteiger partial charge in [0.25, 0.3) is 5.91 Å². The summed E-state index contributed by atoms with van der Waals surface area (Å²) in [6.45, 7) is 4.09. The van der Waals surface area contributed by atoms with Gasteiger partial charge in [-0.2, -0.15) is 4.31 Å². The molecule has 174 valence electrons. The molecule has 0 spiro atoms. The number of aromatic nitrogens is 1. The van der Waals surface area contributed by atoms with Crippen molar-refractivity contribution in [2.45, 2.75) is 24.2 Å². The topological polar surface area (TPSA) is 91.8 Å². The molecule has 0 bridgehead atoms. The molecule has 5 rings (SSSR count). The first-order chi connectivity index (χ1) is 16.0. The summed E-state index contributed by atoms with van der Waals surface area (Å²) in [7, 11) is -3.59. The number of nitrogens with one attached hydrogen (secondary N) is 1. The lowest BCUT2D eigenvalue weighted by molar-refractivity contribution is 0.102. The minimum Gasteiger partial charge on any atom is -0.378 e. The molecule has 1 amide bonds. The monoisotopic (exact) mass is 486 g/mol. The summed E-state index contributed by atoms with van der Waals surface area (Å²) < 4.78 is 33.9. The lowest BCUT2D eigenvalue weighted by Crippen LogP contribution is -2.36. The molecule has 0 saturated carbocycles. The molecule has 3 aromatic rings. The number of ether oxygens (including phenoxy) is 1. The maximum atomic E-state index is 13.0. The van der Waals surface area contributed by atoms with Gasteiger partial charge in [-0.15, -0.1) is 0 Å². The highest BCUT2D eigenvalue weighted by Crippen LogP contribution is 2.31. The third kappa shape index (κ3) is 4.74. The molecule has 3 heterocycles. The van der Waals surface area contributed by atoms with E-state index in [2.05, 4.69) is 10.2 Å². The van der Waals surface area contributed by atoms with Crippen molar-refractivity contribution in [1.82, 2.24) is 9.29 Å². The number of fused-ring (bicyclic) bond motifs is 1. The Morgan fingerprint density at radius 1 is 1.00 bits per heavy atom. The molecule has 0 unspecified atom stereocenters. The summed E-state index contributed by atoms with van der Waals surface area (Å²) in [6.07, 6.45) is 2.78. The minimum atomic E-state index is -3.59. The van der Waals surface area contributed by atoms with Crippen LogP contribution in [-0.4, -0.2) is 63.0 Å². The van der Waals surface area contributed by atoms with Gasteiger partial charge in [-0.25, -0.2) is 13.4 Å². The first kappa shape index (κ1) is 22.3. The fraction of sp³-hybridized carbons (Fsp3) is 0.391. The largest absolute Gasteiger partial charge is 0.378 e. The molecule has 33 heavy (non-hydrogen) atoms. The van der Waals surface area contributed by atoms with E-state index in [9.17, 15) is 13.2 Å². The summed E-state index contributed by atoms with van der Waals surface area (Å²) in [6, 6.07) is 11.9. The average molecular weight is 487 g/mol. The summed E-state index contributed by atoms with van der Waals surface area (Å²) in [5.74, 6) is -0.344. The summed E-state index contributed by atoms with van der Waals surface area (Å²) in [5, 5.41) is 3.85. The number of anilines is 2. The molecule has 8 nitrogen and oxygen atoms in total. The number of carbonyl (C=O) groups excluding carboxylic acids is 1. The highest BCUT2D eigenvalue weighted by atomic mass is 32.2. The van der Waals surface area contributed by atoms with Gasteiger partial charge in [0.1, 0.15) is 0 Å². The Bertz CT molecular complexity index is 1260. The molecule has 1 N–H and O–H groups in total. The maximum absolute atomic E-state index is 13.0. The normalized spacial score (nSPS) is 17.9. The Kier molecular flexibility index (Phi) is 6.33. The summed E-state index contributed by atoms with van der Waals surface area (Å²) in [5.41, 5.74) is 1.84. The Morgan fingerprint density at radius 3 is 2.58 bits per heavy atom. The van der Waals surface area contributed by atoms with Crippen LogP contribution in [0.4, 0.5) is 10.8 Å². The third-order valence-corrected chi connectivity index (χ3v) is 8.94. The molecule has 2 fully saturated rings. The van der Waals surface area contributed by atoms with Crippen molar-refractivity contribution in [1.29, 1.82) is 0 Å². The molecule has 0 radical (unpaired) electrons. The lowest BCUT2D eigenvalue weighted by Gasteiger charge is -2.26. The molecule has 2 aromatic carbocycles. The number of hydrogen-bond donors (Lipinski definition) is 1. The molecule has 1 aromatic heterocycles. The van der Waals surface area contributed by atoms with E-state index in [0.717, 1.165) is 47.7 Å². The third-order valence-electron chi connectivity index (χ3n) is 5.97. The highest BCUT2D eigenvalue weighted by Gasteiger charge is 2.26. The van der Waals surface area contributed by atoms with Crippen LogP contribution in [0.3, 0.4) is 0 Å². The highest BCUT2D eigenvalue weighted by molar-refractivity contribution is 7.89. The van der Waals surface area contributed by atoms with E-state index in [1.807, 2.05) is 18.2 Å². The molecule has 2 aliphatic rings. The van der Waals surface area contributed by atoms with Crippen molar-refractivity contribution in [3.8, 4) is 0 Å². The lowest BCUT2D eigenvalue weighted by atomic mass is 10.2. The van der Waals surface area contributed by atoms with E-state index < -0.39 is 10.0 Å². The fourth-order valence-corrected chi connectivity index (χ4v) is 6.76. The van der Waals surface area contributed by atoms with Crippen LogP contribution in [0.1, 0.15) is 29.6 Å². The number of rotatable bonds is 5. The molecule has 0 atom stereocenters. The van der Waals surface area contributed by atoms with Gasteiger partial charge in [0.05, 0.1) is 28.3 Å². The first-order valence-corrected chi connectivity index (χ1v) is 13.4. The van der Waals surface area contributed by atoms with Crippen LogP contribution in [0.2, 0.25) is 0 Å². The number of thiazole rings is 1. The van der Waals surface area contributed by atoms with Crippen molar-refractivity contribution >= 4 is 48.3 Å². The zero-order valence-corrected chi connectivity index (χ0v) is 19.8. The smallest absolute Gasteiger partial charge is 0.255 e. The zero-order chi connectivity index (χ0) is 22.8. The van der Waals surface area contributed by atoms with Crippen LogP contribution in [0.15, 0.2) is 47.4 Å². The van der Waals surface area contributed by atoms with Crippen LogP contribution in [0.5, 0.6) is 0 Å². The second-order valence-corrected chi connectivity index (χ2v) is 11.2. The van der Waals surface area contributed by atoms with E-state index in [1.54, 1.807) is 29.5 Å². The van der Waals surface area contributed by atoms with Gasteiger partial charge in [-0.1, -0.05) is 23.8 Å². The van der Waals surface area contributed by atoms with Crippen LogP contribution in [0, 0.1) is 0 Å². The number of carbonyl (C=O) groups is 1. The van der Waals surface area contributed by atoms with E-state index in [1.165, 1.54) is 10.4 Å². The summed E-state index contributed by atoms with van der Waals surface area (Å²) in [4.78, 5) is 20.0. The van der Waals surface area contributed by atoms with Crippen molar-refractivity contribution in [2.75, 3.05) is 49.6 Å². The summed E-state index contributed by atoms with van der Waals surface area (Å²) >= 11 is 1.59. The number of nitrogens with zero attached hydrogens (tertiary/aromatic N) is 3. The van der Waals surface area contributed by atoms with Crippen molar-refractivity contribution in [3.05, 3.63) is 48.0 Å². The van der Waals surface area contributed by atoms with Gasteiger partial charge in [0.2, 0.25) is 10.0 Å². The van der Waals surface area contributed by atoms with E-state index >= 15 is 0 Å². The van der Waals surface area contributed by atoms with E-state index in [0.29, 0.717) is 37.6 Å². The number of piperidine rings is 1. The van der Waals surface area contributed by atoms with Crippen molar-refractivity contribution in [3.63, 3.8) is 0 Å². The quantitative estimate of drug-likeness (QED) is 0.593. The standard InChI is InChI=1S/C23H26N4O4S2/c28-22(17-5-4-6-19(15-17)33(29,30)27-9-2-1-3-10-27)24-18-7-8-20-21(16-18)32-23(25-20)26-11-13-31-14-12-26/h4-8,15-16H,1-3,9-14H2,(H,24,28). The second-order valence-electron chi connectivity index (χ2n) is 8.23. The Hall–Kier alpha value is -2.53. The minimum absolute atomic E-state index is 0.158. The second kappa shape index (κ2) is 9.38. The van der Waals surface area contributed by atoms with Crippen LogP contribution >= 0.6 is 11.3 Å². The van der Waals surface area contributed by atoms with Gasteiger partial charge < -0.3 is 15.0 Å². The number of benzene rings is 2. The van der Waals surface area contributed by atoms with Crippen LogP contribution in [0.25, 0.3) is 10.2 Å². The van der Waals surface area contributed by atoms with Crippen molar-refractivity contribution < 1.29 is 17.9 Å². The first-order valence-electron chi connectivity index (χ1n) is 11.2. The predicted molar refractivity (Wildman–Crippen MR) is 130 cm³/mol. The van der Waals surface area contributed by atoms with E-state index in [4.69, 9.17) is 9.72 Å². The van der Waals surface area contributed by atoms with Gasteiger partial charge in [-0.3, -0.25) is 4.79 Å². The van der Waals surface area contributed by atoms with Gasteiger partial charge in [0, 0.05) is 37.4 Å². The molecule has 2 aliphatic heterocycles. The van der Waals surface area contributed by atoms with Gasteiger partial charge in [-0.05, 0) is 49.2 Å².